The predicted molar refractivity (Wildman–Crippen MR) is 93.4 cm³/mol. The molecular weight excluding hydrogens is 304 g/mol. The maximum absolute atomic E-state index is 11.6. The van der Waals surface area contributed by atoms with E-state index in [0.717, 1.165) is 11.6 Å². The van der Waals surface area contributed by atoms with Gasteiger partial charge in [0.05, 0.1) is 0 Å². The van der Waals surface area contributed by atoms with Gasteiger partial charge in [0.2, 0.25) is 0 Å². The quantitative estimate of drug-likeness (QED) is 0.431. The number of ether oxygens (including phenoxy) is 2. The van der Waals surface area contributed by atoms with Gasteiger partial charge in [-0.1, -0.05) is 50.1 Å². The van der Waals surface area contributed by atoms with Crippen LogP contribution in [-0.4, -0.2) is 25.2 Å². The lowest BCUT2D eigenvalue weighted by molar-refractivity contribution is -0.145. The number of carbonyl (C=O) groups is 2. The van der Waals surface area contributed by atoms with Gasteiger partial charge in [0.1, 0.15) is 13.2 Å². The standard InChI is InChI=1S/C20H24O4/c1-2-19(21)23-14-15-24-20(22)13-10-16-8-11-18(12-9-16)17-6-4-3-5-7-17/h2,8-13,17H,1,3-7,14-15H2/b13-10+. The van der Waals surface area contributed by atoms with Crippen molar-refractivity contribution in [3.8, 4) is 0 Å². The van der Waals surface area contributed by atoms with Crippen molar-refractivity contribution in [1.29, 1.82) is 0 Å². The molecule has 24 heavy (non-hydrogen) atoms. The Morgan fingerprint density at radius 1 is 1.00 bits per heavy atom. The third-order valence-electron chi connectivity index (χ3n) is 4.16. The third kappa shape index (κ3) is 6.03. The summed E-state index contributed by atoms with van der Waals surface area (Å²) >= 11 is 0. The first-order chi connectivity index (χ1) is 11.7. The second kappa shape index (κ2) is 9.71. The molecule has 2 rings (SSSR count). The Kier molecular flexibility index (Phi) is 7.27. The molecule has 0 N–H and O–H groups in total. The molecule has 1 aliphatic carbocycles. The number of hydrogen-bond acceptors (Lipinski definition) is 4. The molecule has 0 unspecified atom stereocenters. The van der Waals surface area contributed by atoms with E-state index < -0.39 is 11.9 Å². The molecular formula is C20H24O4. The minimum atomic E-state index is -0.528. The summed E-state index contributed by atoms with van der Waals surface area (Å²) in [6.07, 6.45) is 10.7. The SMILES string of the molecule is C=CC(=O)OCCOC(=O)/C=C/c1ccc(C2CCCCC2)cc1. The van der Waals surface area contributed by atoms with E-state index in [0.29, 0.717) is 5.92 Å². The molecule has 0 heterocycles. The highest BCUT2D eigenvalue weighted by Gasteiger charge is 2.14. The number of rotatable bonds is 7. The fraction of sp³-hybridized carbons (Fsp3) is 0.400. The Bertz CT molecular complexity index is 580. The van der Waals surface area contributed by atoms with Gasteiger partial charge in [-0.3, -0.25) is 0 Å². The molecule has 1 fully saturated rings. The largest absolute Gasteiger partial charge is 0.459 e. The predicted octanol–water partition coefficient (Wildman–Crippen LogP) is 4.02. The zero-order valence-electron chi connectivity index (χ0n) is 13.9. The van der Waals surface area contributed by atoms with Crippen LogP contribution in [0.15, 0.2) is 43.0 Å². The number of hydrogen-bond donors (Lipinski definition) is 0. The van der Waals surface area contributed by atoms with Gasteiger partial charge < -0.3 is 9.47 Å². The summed E-state index contributed by atoms with van der Waals surface area (Å²) in [5, 5.41) is 0. The van der Waals surface area contributed by atoms with E-state index in [2.05, 4.69) is 18.7 Å². The fourth-order valence-corrected chi connectivity index (χ4v) is 2.87. The molecule has 0 spiro atoms. The molecule has 0 aliphatic heterocycles. The van der Waals surface area contributed by atoms with Gasteiger partial charge >= 0.3 is 11.9 Å². The first kappa shape index (κ1) is 18.0. The highest BCUT2D eigenvalue weighted by molar-refractivity contribution is 5.87. The van der Waals surface area contributed by atoms with Crippen LogP contribution in [0.2, 0.25) is 0 Å². The van der Waals surface area contributed by atoms with Gasteiger partial charge in [-0.05, 0) is 36.0 Å². The number of carbonyl (C=O) groups excluding carboxylic acids is 2. The van der Waals surface area contributed by atoms with E-state index in [1.807, 2.05) is 12.1 Å². The summed E-state index contributed by atoms with van der Waals surface area (Å²) in [4.78, 5) is 22.4. The van der Waals surface area contributed by atoms with Gasteiger partial charge in [0.15, 0.2) is 0 Å². The highest BCUT2D eigenvalue weighted by atomic mass is 16.6. The van der Waals surface area contributed by atoms with Gasteiger partial charge in [-0.2, -0.15) is 0 Å². The molecule has 4 nitrogen and oxygen atoms in total. The van der Waals surface area contributed by atoms with Gasteiger partial charge in [0, 0.05) is 12.2 Å². The van der Waals surface area contributed by atoms with Crippen molar-refractivity contribution >= 4 is 18.0 Å². The van der Waals surface area contributed by atoms with Crippen LogP contribution in [0.25, 0.3) is 6.08 Å². The maximum Gasteiger partial charge on any atom is 0.330 e. The van der Waals surface area contributed by atoms with Crippen LogP contribution < -0.4 is 0 Å². The molecule has 128 valence electrons. The lowest BCUT2D eigenvalue weighted by Gasteiger charge is -2.21. The van der Waals surface area contributed by atoms with Crippen molar-refractivity contribution in [2.24, 2.45) is 0 Å². The zero-order valence-corrected chi connectivity index (χ0v) is 13.9. The number of benzene rings is 1. The lowest BCUT2D eigenvalue weighted by Crippen LogP contribution is -2.11. The Morgan fingerprint density at radius 3 is 2.25 bits per heavy atom. The van der Waals surface area contributed by atoms with E-state index in [1.54, 1.807) is 6.08 Å². The Hall–Kier alpha value is -2.36. The van der Waals surface area contributed by atoms with Crippen molar-refractivity contribution in [3.63, 3.8) is 0 Å². The molecule has 0 amide bonds. The monoisotopic (exact) mass is 328 g/mol. The minimum Gasteiger partial charge on any atom is -0.459 e. The summed E-state index contributed by atoms with van der Waals surface area (Å²) in [5.41, 5.74) is 2.35. The maximum atomic E-state index is 11.6. The summed E-state index contributed by atoms with van der Waals surface area (Å²) in [7, 11) is 0. The normalized spacial score (nSPS) is 15.2. The van der Waals surface area contributed by atoms with Crippen molar-refractivity contribution in [3.05, 3.63) is 54.1 Å². The van der Waals surface area contributed by atoms with Crippen molar-refractivity contribution in [2.75, 3.05) is 13.2 Å². The second-order valence-corrected chi connectivity index (χ2v) is 5.87. The summed E-state index contributed by atoms with van der Waals surface area (Å²) in [6, 6.07) is 8.35. The Labute approximate surface area is 143 Å². The minimum absolute atomic E-state index is 0.0283. The van der Waals surface area contributed by atoms with Crippen LogP contribution >= 0.6 is 0 Å². The molecule has 4 heteroatoms. The average Bonchev–Trinajstić information content (AvgIpc) is 2.64. The van der Waals surface area contributed by atoms with Crippen LogP contribution in [0, 0.1) is 0 Å². The highest BCUT2D eigenvalue weighted by Crippen LogP contribution is 2.32. The Morgan fingerprint density at radius 2 is 1.62 bits per heavy atom. The van der Waals surface area contributed by atoms with Crippen molar-refractivity contribution < 1.29 is 19.1 Å². The van der Waals surface area contributed by atoms with Crippen molar-refractivity contribution in [2.45, 2.75) is 38.0 Å². The van der Waals surface area contributed by atoms with E-state index in [1.165, 1.54) is 43.7 Å². The van der Waals surface area contributed by atoms with Gasteiger partial charge in [-0.25, -0.2) is 9.59 Å². The van der Waals surface area contributed by atoms with Crippen LogP contribution in [0.1, 0.15) is 49.1 Å². The molecule has 1 saturated carbocycles. The zero-order chi connectivity index (χ0) is 17.2. The molecule has 1 aromatic rings. The smallest absolute Gasteiger partial charge is 0.330 e. The first-order valence-electron chi connectivity index (χ1n) is 8.43. The molecule has 1 aliphatic rings. The summed E-state index contributed by atoms with van der Waals surface area (Å²) < 4.78 is 9.66. The Balaban J connectivity index is 1.75. The van der Waals surface area contributed by atoms with Crippen LogP contribution in [0.5, 0.6) is 0 Å². The summed E-state index contributed by atoms with van der Waals surface area (Å²) in [6.45, 7) is 3.34. The van der Waals surface area contributed by atoms with Crippen LogP contribution in [0.4, 0.5) is 0 Å². The first-order valence-corrected chi connectivity index (χ1v) is 8.43. The van der Waals surface area contributed by atoms with Gasteiger partial charge in [0.25, 0.3) is 0 Å². The second-order valence-electron chi connectivity index (χ2n) is 5.87. The van der Waals surface area contributed by atoms with E-state index >= 15 is 0 Å². The van der Waals surface area contributed by atoms with Gasteiger partial charge in [-0.15, -0.1) is 0 Å². The molecule has 0 aromatic heterocycles. The number of esters is 2. The molecule has 0 bridgehead atoms. The molecule has 1 aromatic carbocycles. The van der Waals surface area contributed by atoms with E-state index in [9.17, 15) is 9.59 Å². The summed E-state index contributed by atoms with van der Waals surface area (Å²) in [5.74, 6) is -0.305. The lowest BCUT2D eigenvalue weighted by atomic mass is 9.84. The molecule has 0 saturated heterocycles. The van der Waals surface area contributed by atoms with Crippen LogP contribution in [0.3, 0.4) is 0 Å². The average molecular weight is 328 g/mol. The third-order valence-corrected chi connectivity index (χ3v) is 4.16. The fourth-order valence-electron chi connectivity index (χ4n) is 2.87. The van der Waals surface area contributed by atoms with E-state index in [-0.39, 0.29) is 13.2 Å². The molecule has 0 radical (unpaired) electrons. The van der Waals surface area contributed by atoms with E-state index in [4.69, 9.17) is 9.47 Å². The topological polar surface area (TPSA) is 52.6 Å². The van der Waals surface area contributed by atoms with Crippen molar-refractivity contribution in [1.82, 2.24) is 0 Å². The van der Waals surface area contributed by atoms with Crippen LogP contribution in [-0.2, 0) is 19.1 Å². The molecule has 0 atom stereocenters.